The summed E-state index contributed by atoms with van der Waals surface area (Å²) in [4.78, 5) is 26.6. The molecular weight excluding hydrogens is 1120 g/mol. The van der Waals surface area contributed by atoms with E-state index in [-0.39, 0.29) is 51.5 Å². The molecule has 3 aromatic rings. The third kappa shape index (κ3) is 38.1. The largest absolute Gasteiger partial charge is 0.497 e. The molecule has 12 heteroatoms. The van der Waals surface area contributed by atoms with Gasteiger partial charge in [0.05, 0.1) is 27.4 Å². The number of morpholine rings is 1. The third-order valence-corrected chi connectivity index (χ3v) is 13.9. The molecule has 4 aliphatic heterocycles. The summed E-state index contributed by atoms with van der Waals surface area (Å²) in [6, 6.07) is 26.9. The molecule has 0 amide bonds. The molecule has 0 aromatic heterocycles. The monoisotopic (exact) mass is 1250 g/mol. The first-order valence-corrected chi connectivity index (χ1v) is 31.2. The molecule has 4 fully saturated rings. The number of likely N-dealkylation sites (tertiary alicyclic amines) is 2. The number of esters is 1. The quantitative estimate of drug-likeness (QED) is 0.144. The van der Waals surface area contributed by atoms with Gasteiger partial charge < -0.3 is 49.9 Å². The number of ether oxygens (including phenoxy) is 4. The van der Waals surface area contributed by atoms with Gasteiger partial charge >= 0.3 is 5.97 Å². The van der Waals surface area contributed by atoms with Crippen LogP contribution in [-0.4, -0.2) is 181 Å². The Kier molecular flexibility index (Phi) is 38.4. The zero-order valence-electron chi connectivity index (χ0n) is 57.7. The van der Waals surface area contributed by atoms with Gasteiger partial charge in [-0.05, 0) is 136 Å². The summed E-state index contributed by atoms with van der Waals surface area (Å²) in [7, 11) is 9.65. The number of carbonyl (C=O) groups is 1. The van der Waals surface area contributed by atoms with Crippen molar-refractivity contribution in [2.45, 2.75) is 175 Å². The second-order valence-electron chi connectivity index (χ2n) is 30.6. The van der Waals surface area contributed by atoms with Crippen LogP contribution in [-0.2, 0) is 42.2 Å². The van der Waals surface area contributed by atoms with Crippen LogP contribution in [0.3, 0.4) is 0 Å². The van der Waals surface area contributed by atoms with Gasteiger partial charge in [-0.15, -0.1) is 6.54 Å². The smallest absolute Gasteiger partial charge is 0.342 e. The van der Waals surface area contributed by atoms with Crippen molar-refractivity contribution >= 4 is 5.97 Å². The van der Waals surface area contributed by atoms with Gasteiger partial charge in [0.2, 0.25) is 0 Å². The first-order chi connectivity index (χ1) is 38.0. The maximum atomic E-state index is 11.7. The van der Waals surface area contributed by atoms with Crippen molar-refractivity contribution in [2.24, 2.45) is 27.1 Å². The van der Waals surface area contributed by atoms with E-state index in [9.17, 15) is 4.79 Å². The van der Waals surface area contributed by atoms with E-state index in [0.29, 0.717) is 39.0 Å². The molecule has 2 atom stereocenters. The van der Waals surface area contributed by atoms with Crippen molar-refractivity contribution < 1.29 is 56.5 Å². The SMILES string of the molecule is C.CC(C)(C)CN1CCCC(c2ccccc2)C1.CC(C)(C)CN1C[CH-]CCC1.CN(C)CC(C)(C)C.CN1CCN(CC(C)(C)C)CC1.COc1ccc(C(N2CCOCC2)C(C)(C)C)cc1.COc1ccccc1C(=O)OC(C)(C)C.[Y]. The van der Waals surface area contributed by atoms with E-state index in [2.05, 4.69) is 215 Å². The molecular formula is C72H129N6O5Y-. The van der Waals surface area contributed by atoms with E-state index in [1.54, 1.807) is 25.3 Å². The molecule has 4 aliphatic rings. The van der Waals surface area contributed by atoms with Crippen LogP contribution >= 0.6 is 0 Å². The molecule has 0 N–H and O–H groups in total. The first-order valence-electron chi connectivity index (χ1n) is 31.2. The molecule has 0 saturated carbocycles. The summed E-state index contributed by atoms with van der Waals surface area (Å²) in [5, 5.41) is 0. The summed E-state index contributed by atoms with van der Waals surface area (Å²) >= 11 is 0. The van der Waals surface area contributed by atoms with Crippen LogP contribution < -0.4 is 9.47 Å². The second-order valence-corrected chi connectivity index (χ2v) is 30.6. The Morgan fingerprint density at radius 3 is 1.58 bits per heavy atom. The van der Waals surface area contributed by atoms with Crippen molar-refractivity contribution in [3.63, 3.8) is 0 Å². The molecule has 4 saturated heterocycles. The van der Waals surface area contributed by atoms with E-state index < -0.39 is 5.60 Å². The van der Waals surface area contributed by atoms with Crippen molar-refractivity contribution in [1.29, 1.82) is 0 Å². The fraction of sp³-hybridized carbons (Fsp3) is 0.722. The second kappa shape index (κ2) is 39.5. The zero-order chi connectivity index (χ0) is 62.0. The van der Waals surface area contributed by atoms with Gasteiger partial charge in [-0.3, -0.25) is 4.90 Å². The molecule has 0 aliphatic carbocycles. The van der Waals surface area contributed by atoms with E-state index in [1.807, 2.05) is 26.8 Å². The van der Waals surface area contributed by atoms with Crippen LogP contribution in [0, 0.1) is 33.5 Å². The maximum absolute atomic E-state index is 11.7. The Balaban J connectivity index is 0.000000999. The van der Waals surface area contributed by atoms with Crippen LogP contribution in [0.1, 0.15) is 191 Å². The van der Waals surface area contributed by atoms with Crippen molar-refractivity contribution in [1.82, 2.24) is 29.4 Å². The van der Waals surface area contributed by atoms with Crippen LogP contribution in [0.4, 0.5) is 0 Å². The van der Waals surface area contributed by atoms with Gasteiger partial charge in [-0.2, -0.15) is 6.42 Å². The standard InChI is InChI=1S/C16H25NO2.C16H25N.C12H16O3.C10H22N2.C10H20N.C7H17N.CH4.Y/c1-16(2,3)15(17-9-11-19-12-10-17)13-5-7-14(18-4)8-6-13;1-16(2,3)13-17-11-7-10-15(12-17)14-8-5-4-6-9-14;1-12(2,3)15-11(13)9-7-5-6-8-10(9)14-4;1-10(2,3)9-12-7-5-11(4)6-8-12;1-10(2,3)9-11-7-5-4-6-8-11;1-7(2,3)6-8(4)5;;/h5-8,15H,9-12H2,1-4H3;4-6,8-9,15H,7,10-13H2,1-3H3;5-8H,1-4H3;5-9H2,1-4H3;5H,4,6-9H2,1-3H3;6H2,1-5H3;1H4;/q;;;;-1;;;. The number of piperazine rings is 1. The fourth-order valence-electron chi connectivity index (χ4n) is 11.2. The number of benzene rings is 3. The van der Waals surface area contributed by atoms with Crippen molar-refractivity contribution in [2.75, 3.05) is 140 Å². The van der Waals surface area contributed by atoms with Crippen molar-refractivity contribution in [3.05, 3.63) is 102 Å². The zero-order valence-corrected chi connectivity index (χ0v) is 60.5. The normalized spacial score (nSPS) is 18.3. The Labute approximate surface area is 544 Å². The Bertz CT molecular complexity index is 2130. The molecule has 481 valence electrons. The number of rotatable bonds is 10. The van der Waals surface area contributed by atoms with Gasteiger partial charge in [0.1, 0.15) is 22.7 Å². The molecule has 7 rings (SSSR count). The first kappa shape index (κ1) is 81.6. The predicted molar refractivity (Wildman–Crippen MR) is 358 cm³/mol. The average molecular weight is 1250 g/mol. The van der Waals surface area contributed by atoms with Crippen LogP contribution in [0.15, 0.2) is 78.9 Å². The van der Waals surface area contributed by atoms with Crippen LogP contribution in [0.2, 0.25) is 0 Å². The Morgan fingerprint density at radius 1 is 0.619 bits per heavy atom. The topological polar surface area (TPSA) is 73.4 Å². The van der Waals surface area contributed by atoms with Crippen LogP contribution in [0.5, 0.6) is 11.5 Å². The van der Waals surface area contributed by atoms with E-state index >= 15 is 0 Å². The molecule has 0 spiro atoms. The fourth-order valence-corrected chi connectivity index (χ4v) is 11.2. The molecule has 11 nitrogen and oxygen atoms in total. The summed E-state index contributed by atoms with van der Waals surface area (Å²) in [5.41, 5.74) is 4.82. The Hall–Kier alpha value is -2.45. The van der Waals surface area contributed by atoms with Gasteiger partial charge in [-0.25, -0.2) is 4.79 Å². The minimum atomic E-state index is -0.488. The summed E-state index contributed by atoms with van der Waals surface area (Å²) in [6.07, 6.45) is 7.77. The number of carbonyl (C=O) groups excluding carboxylic acids is 1. The van der Waals surface area contributed by atoms with E-state index in [0.717, 1.165) is 44.5 Å². The number of hydrogen-bond acceptors (Lipinski definition) is 11. The van der Waals surface area contributed by atoms with Gasteiger partial charge in [0, 0.05) is 111 Å². The molecule has 2 unspecified atom stereocenters. The third-order valence-electron chi connectivity index (χ3n) is 13.9. The van der Waals surface area contributed by atoms with Crippen LogP contribution in [0.25, 0.3) is 0 Å². The molecule has 84 heavy (non-hydrogen) atoms. The van der Waals surface area contributed by atoms with Gasteiger partial charge in [0.25, 0.3) is 0 Å². The number of likely N-dealkylation sites (N-methyl/N-ethyl adjacent to an activating group) is 1. The summed E-state index contributed by atoms with van der Waals surface area (Å²) in [6.45, 7) is 58.5. The number of hydrogen-bond donors (Lipinski definition) is 0. The van der Waals surface area contributed by atoms with Gasteiger partial charge in [0.15, 0.2) is 0 Å². The number of nitrogens with zero attached hydrogens (tertiary/aromatic N) is 6. The molecule has 3 aromatic carbocycles. The number of para-hydroxylation sites is 1. The average Bonchev–Trinajstić information content (AvgIpc) is 2.38. The maximum Gasteiger partial charge on any atom is 0.342 e. The van der Waals surface area contributed by atoms with E-state index in [4.69, 9.17) is 18.9 Å². The molecule has 1 radical (unpaired) electrons. The predicted octanol–water partition coefficient (Wildman–Crippen LogP) is 15.5. The minimum absolute atomic E-state index is 0. The van der Waals surface area contributed by atoms with Gasteiger partial charge in [-0.1, -0.05) is 172 Å². The minimum Gasteiger partial charge on any atom is -0.497 e. The van der Waals surface area contributed by atoms with Crippen molar-refractivity contribution in [3.8, 4) is 11.5 Å². The Morgan fingerprint density at radius 2 is 1.13 bits per heavy atom. The summed E-state index contributed by atoms with van der Waals surface area (Å²) in [5.74, 6) is 1.83. The van der Waals surface area contributed by atoms with E-state index in [1.165, 1.54) is 116 Å². The number of methoxy groups -OCH3 is 2. The summed E-state index contributed by atoms with van der Waals surface area (Å²) < 4.78 is 21.0. The number of piperidine rings is 2. The molecule has 4 heterocycles. The molecule has 0 bridgehead atoms.